The van der Waals surface area contributed by atoms with Gasteiger partial charge in [0.1, 0.15) is 4.99 Å². The second kappa shape index (κ2) is 6.57. The number of nitrogens with zero attached hydrogens (tertiary/aromatic N) is 1. The van der Waals surface area contributed by atoms with Gasteiger partial charge in [-0.25, -0.2) is 0 Å². The van der Waals surface area contributed by atoms with E-state index in [0.717, 1.165) is 24.4 Å². The summed E-state index contributed by atoms with van der Waals surface area (Å²) in [6.45, 7) is 6.33. The highest BCUT2D eigenvalue weighted by atomic mass is 32.1. The molecule has 0 atom stereocenters. The zero-order valence-electron chi connectivity index (χ0n) is 10.7. The molecule has 17 heavy (non-hydrogen) atoms. The first-order valence-electron chi connectivity index (χ1n) is 5.76. The van der Waals surface area contributed by atoms with Crippen LogP contribution in [0.1, 0.15) is 18.1 Å². The van der Waals surface area contributed by atoms with Crippen molar-refractivity contribution in [1.29, 1.82) is 0 Å². The zero-order valence-corrected chi connectivity index (χ0v) is 11.5. The summed E-state index contributed by atoms with van der Waals surface area (Å²) in [4.78, 5) is 2.58. The highest BCUT2D eigenvalue weighted by molar-refractivity contribution is 7.80. The number of anilines is 1. The van der Waals surface area contributed by atoms with Crippen molar-refractivity contribution in [2.45, 2.75) is 13.8 Å². The lowest BCUT2D eigenvalue weighted by Gasteiger charge is -2.24. The van der Waals surface area contributed by atoms with E-state index >= 15 is 0 Å². The molecule has 0 fully saturated rings. The minimum atomic E-state index is 0.437. The fourth-order valence-electron chi connectivity index (χ4n) is 1.82. The van der Waals surface area contributed by atoms with Gasteiger partial charge in [-0.15, -0.1) is 0 Å². The molecule has 1 aromatic carbocycles. The fourth-order valence-corrected chi connectivity index (χ4v) is 1.99. The number of ether oxygens (including phenoxy) is 1. The second-order valence-corrected chi connectivity index (χ2v) is 4.39. The summed E-state index contributed by atoms with van der Waals surface area (Å²) in [6.07, 6.45) is 0. The molecule has 0 spiro atoms. The number of aryl methyl sites for hydroxylation is 1. The Morgan fingerprint density at radius 3 is 2.76 bits per heavy atom. The van der Waals surface area contributed by atoms with Crippen molar-refractivity contribution >= 4 is 22.9 Å². The summed E-state index contributed by atoms with van der Waals surface area (Å²) < 4.78 is 5.36. The van der Waals surface area contributed by atoms with Gasteiger partial charge in [0, 0.05) is 31.5 Å². The molecule has 0 saturated heterocycles. The summed E-state index contributed by atoms with van der Waals surface area (Å²) in [5, 5.41) is 0. The number of hydrogen-bond donors (Lipinski definition) is 1. The molecule has 0 aliphatic carbocycles. The van der Waals surface area contributed by atoms with Gasteiger partial charge in [-0.3, -0.25) is 0 Å². The van der Waals surface area contributed by atoms with Gasteiger partial charge in [0.05, 0.1) is 6.61 Å². The summed E-state index contributed by atoms with van der Waals surface area (Å²) in [7, 11) is 2.03. The summed E-state index contributed by atoms with van der Waals surface area (Å²) in [6, 6.07) is 6.00. The van der Waals surface area contributed by atoms with Gasteiger partial charge in [-0.05, 0) is 25.5 Å². The number of rotatable bonds is 6. The average Bonchev–Trinajstić information content (AvgIpc) is 2.28. The van der Waals surface area contributed by atoms with Crippen LogP contribution < -0.4 is 10.6 Å². The summed E-state index contributed by atoms with van der Waals surface area (Å²) >= 11 is 5.08. The fraction of sp³-hybridized carbons (Fsp3) is 0.462. The van der Waals surface area contributed by atoms with Crippen molar-refractivity contribution in [1.82, 2.24) is 0 Å². The maximum absolute atomic E-state index is 5.75. The normalized spacial score (nSPS) is 10.3. The first-order chi connectivity index (χ1) is 8.07. The van der Waals surface area contributed by atoms with E-state index in [0.29, 0.717) is 11.6 Å². The first kappa shape index (κ1) is 13.9. The number of likely N-dealkylation sites (N-methyl/N-ethyl adjacent to an activating group) is 1. The molecule has 0 radical (unpaired) electrons. The molecule has 4 heteroatoms. The van der Waals surface area contributed by atoms with E-state index in [-0.39, 0.29) is 0 Å². The molecule has 2 N–H and O–H groups in total. The Morgan fingerprint density at radius 1 is 1.47 bits per heavy atom. The first-order valence-corrected chi connectivity index (χ1v) is 6.17. The monoisotopic (exact) mass is 252 g/mol. The number of thiocarbonyl (C=S) groups is 1. The van der Waals surface area contributed by atoms with Crippen LogP contribution in [0.25, 0.3) is 0 Å². The summed E-state index contributed by atoms with van der Waals surface area (Å²) in [5.74, 6) is 0. The van der Waals surface area contributed by atoms with Gasteiger partial charge in [-0.1, -0.05) is 24.4 Å². The average molecular weight is 252 g/mol. The maximum Gasteiger partial charge on any atom is 0.106 e. The highest BCUT2D eigenvalue weighted by Gasteiger charge is 2.11. The van der Waals surface area contributed by atoms with Crippen LogP contribution in [0, 0.1) is 6.92 Å². The van der Waals surface area contributed by atoms with E-state index in [9.17, 15) is 0 Å². The standard InChI is InChI=1S/C13H20N2OS/c1-4-16-9-8-15(3)12-10(2)6-5-7-11(12)13(14)17/h5-7H,4,8-9H2,1-3H3,(H2,14,17). The van der Waals surface area contributed by atoms with Crippen LogP contribution in [0.3, 0.4) is 0 Å². The number of hydrogen-bond acceptors (Lipinski definition) is 3. The van der Waals surface area contributed by atoms with Crippen molar-refractivity contribution in [3.63, 3.8) is 0 Å². The molecule has 0 bridgehead atoms. The molecule has 0 aliphatic heterocycles. The largest absolute Gasteiger partial charge is 0.389 e. The van der Waals surface area contributed by atoms with Crippen LogP contribution in [0.4, 0.5) is 5.69 Å². The second-order valence-electron chi connectivity index (χ2n) is 3.95. The van der Waals surface area contributed by atoms with Gasteiger partial charge in [0.25, 0.3) is 0 Å². The third-order valence-electron chi connectivity index (χ3n) is 2.66. The lowest BCUT2D eigenvalue weighted by Crippen LogP contribution is -2.26. The predicted octanol–water partition coefficient (Wildman–Crippen LogP) is 2.10. The Labute approximate surface area is 109 Å². The van der Waals surface area contributed by atoms with Crippen LogP contribution >= 0.6 is 12.2 Å². The molecule has 0 aromatic heterocycles. The van der Waals surface area contributed by atoms with E-state index in [2.05, 4.69) is 17.9 Å². The van der Waals surface area contributed by atoms with Crippen LogP contribution in [-0.4, -0.2) is 31.8 Å². The minimum Gasteiger partial charge on any atom is -0.389 e. The SMILES string of the molecule is CCOCCN(C)c1c(C)cccc1C(N)=S. The molecule has 0 amide bonds. The quantitative estimate of drug-likeness (QED) is 0.621. The third-order valence-corrected chi connectivity index (χ3v) is 2.88. The molecular weight excluding hydrogens is 232 g/mol. The van der Waals surface area contributed by atoms with Gasteiger partial charge in [-0.2, -0.15) is 0 Å². The van der Waals surface area contributed by atoms with Crippen LogP contribution in [0.5, 0.6) is 0 Å². The minimum absolute atomic E-state index is 0.437. The topological polar surface area (TPSA) is 38.5 Å². The Hall–Kier alpha value is -1.13. The van der Waals surface area contributed by atoms with E-state index in [1.54, 1.807) is 0 Å². The lowest BCUT2D eigenvalue weighted by atomic mass is 10.1. The Morgan fingerprint density at radius 2 is 2.18 bits per heavy atom. The zero-order chi connectivity index (χ0) is 12.8. The molecule has 0 aliphatic rings. The highest BCUT2D eigenvalue weighted by Crippen LogP contribution is 2.23. The third kappa shape index (κ3) is 3.68. The number of nitrogens with two attached hydrogens (primary N) is 1. The van der Waals surface area contributed by atoms with Crippen molar-refractivity contribution in [2.24, 2.45) is 5.73 Å². The van der Waals surface area contributed by atoms with E-state index < -0.39 is 0 Å². The molecular formula is C13H20N2OS. The molecule has 0 unspecified atom stereocenters. The van der Waals surface area contributed by atoms with Crippen molar-refractivity contribution in [2.75, 3.05) is 31.7 Å². The predicted molar refractivity (Wildman–Crippen MR) is 76.8 cm³/mol. The molecule has 3 nitrogen and oxygen atoms in total. The van der Waals surface area contributed by atoms with Crippen molar-refractivity contribution in [3.8, 4) is 0 Å². The maximum atomic E-state index is 5.75. The van der Waals surface area contributed by atoms with E-state index in [1.807, 2.05) is 26.1 Å². The smallest absolute Gasteiger partial charge is 0.106 e. The number of benzene rings is 1. The van der Waals surface area contributed by atoms with Gasteiger partial charge >= 0.3 is 0 Å². The van der Waals surface area contributed by atoms with Crippen molar-refractivity contribution < 1.29 is 4.74 Å². The van der Waals surface area contributed by atoms with E-state index in [1.165, 1.54) is 5.56 Å². The molecule has 94 valence electrons. The number of para-hydroxylation sites is 1. The Bertz CT molecular complexity index is 393. The van der Waals surface area contributed by atoms with Gasteiger partial charge in [0.2, 0.25) is 0 Å². The molecule has 1 aromatic rings. The van der Waals surface area contributed by atoms with Crippen LogP contribution in [0.2, 0.25) is 0 Å². The molecule has 0 heterocycles. The van der Waals surface area contributed by atoms with Gasteiger partial charge < -0.3 is 15.4 Å². The Kier molecular flexibility index (Phi) is 5.38. The molecule has 1 rings (SSSR count). The van der Waals surface area contributed by atoms with Crippen molar-refractivity contribution in [3.05, 3.63) is 29.3 Å². The lowest BCUT2D eigenvalue weighted by molar-refractivity contribution is 0.154. The molecule has 0 saturated carbocycles. The van der Waals surface area contributed by atoms with Gasteiger partial charge in [0.15, 0.2) is 0 Å². The summed E-state index contributed by atoms with van der Waals surface area (Å²) in [5.41, 5.74) is 8.95. The van der Waals surface area contributed by atoms with E-state index in [4.69, 9.17) is 22.7 Å². The Balaban J connectivity index is 2.90. The van der Waals surface area contributed by atoms with Crippen LogP contribution in [-0.2, 0) is 4.74 Å². The van der Waals surface area contributed by atoms with Crippen LogP contribution in [0.15, 0.2) is 18.2 Å².